The lowest BCUT2D eigenvalue weighted by molar-refractivity contribution is -0.143. The van der Waals surface area contributed by atoms with Crippen molar-refractivity contribution >= 4 is 57.1 Å². The molecular weight excluding hydrogens is 560 g/mol. The van der Waals surface area contributed by atoms with E-state index in [0.717, 1.165) is 23.1 Å². The lowest BCUT2D eigenvalue weighted by atomic mass is 10.00. The minimum Gasteiger partial charge on any atom is -0.481 e. The lowest BCUT2D eigenvalue weighted by Gasteiger charge is -2.14. The Morgan fingerprint density at radius 3 is 2.14 bits per heavy atom. The predicted octanol–water partition coefficient (Wildman–Crippen LogP) is 8.08. The maximum absolute atomic E-state index is 13.3. The standard InChI is InChI=1S/C24H21F6NO3S3/c1-2-17(20-21(34)31(22(35)37-20)7-5-3-4-6-19(32)33)18-10-14(12-36-18)13-8-15(23(25,26)27)11-16(9-13)24(28,29)30/h8-12H,2-7H2,1H3,(H,32,33)/b20-17-. The number of amides is 1. The number of carboxylic acids is 1. The second-order valence-electron chi connectivity index (χ2n) is 8.18. The molecule has 0 saturated carbocycles. The van der Waals surface area contributed by atoms with Crippen LogP contribution >= 0.6 is 35.3 Å². The number of carbonyl (C=O) groups is 2. The molecule has 0 atom stereocenters. The molecule has 13 heteroatoms. The maximum atomic E-state index is 13.3. The van der Waals surface area contributed by atoms with Gasteiger partial charge in [0.05, 0.1) is 16.0 Å². The van der Waals surface area contributed by atoms with Gasteiger partial charge in [0.15, 0.2) is 0 Å². The van der Waals surface area contributed by atoms with E-state index in [4.69, 9.17) is 17.3 Å². The van der Waals surface area contributed by atoms with E-state index in [1.165, 1.54) is 16.3 Å². The van der Waals surface area contributed by atoms with Gasteiger partial charge in [-0.05, 0) is 65.6 Å². The number of hydrogen-bond acceptors (Lipinski definition) is 5. The minimum absolute atomic E-state index is 0.0370. The van der Waals surface area contributed by atoms with Crippen molar-refractivity contribution in [3.63, 3.8) is 0 Å². The van der Waals surface area contributed by atoms with Crippen molar-refractivity contribution < 1.29 is 41.0 Å². The van der Waals surface area contributed by atoms with Gasteiger partial charge >= 0.3 is 18.3 Å². The highest BCUT2D eigenvalue weighted by Gasteiger charge is 2.37. The van der Waals surface area contributed by atoms with E-state index < -0.39 is 29.4 Å². The Morgan fingerprint density at radius 2 is 1.59 bits per heavy atom. The first-order valence-corrected chi connectivity index (χ1v) is 13.2. The monoisotopic (exact) mass is 581 g/mol. The zero-order valence-electron chi connectivity index (χ0n) is 19.3. The van der Waals surface area contributed by atoms with Crippen molar-refractivity contribution in [3.05, 3.63) is 50.6 Å². The molecule has 4 nitrogen and oxygen atoms in total. The van der Waals surface area contributed by atoms with E-state index in [1.807, 2.05) is 0 Å². The first-order chi connectivity index (χ1) is 17.2. The third-order valence-electron chi connectivity index (χ3n) is 5.57. The Bertz CT molecular complexity index is 1200. The highest BCUT2D eigenvalue weighted by Crippen LogP contribution is 2.43. The van der Waals surface area contributed by atoms with Gasteiger partial charge in [0.1, 0.15) is 4.32 Å². The fourth-order valence-corrected chi connectivity index (χ4v) is 6.28. The first kappa shape index (κ1) is 29.2. The number of alkyl halides is 6. The molecule has 0 spiro atoms. The van der Waals surface area contributed by atoms with E-state index in [9.17, 15) is 35.9 Å². The molecule has 1 fully saturated rings. The summed E-state index contributed by atoms with van der Waals surface area (Å²) in [5, 5.41) is 10.2. The Morgan fingerprint density at radius 1 is 0.973 bits per heavy atom. The number of carbonyl (C=O) groups excluding carboxylic acids is 1. The highest BCUT2D eigenvalue weighted by atomic mass is 32.2. The number of hydrogen-bond donors (Lipinski definition) is 1. The zero-order valence-corrected chi connectivity index (χ0v) is 21.8. The van der Waals surface area contributed by atoms with Gasteiger partial charge < -0.3 is 5.11 Å². The van der Waals surface area contributed by atoms with Gasteiger partial charge in [0.25, 0.3) is 5.91 Å². The van der Waals surface area contributed by atoms with Crippen LogP contribution in [0.4, 0.5) is 26.3 Å². The van der Waals surface area contributed by atoms with Gasteiger partial charge in [0.2, 0.25) is 0 Å². The molecule has 200 valence electrons. The van der Waals surface area contributed by atoms with E-state index >= 15 is 0 Å². The minimum atomic E-state index is -4.95. The normalized spacial score (nSPS) is 16.0. The van der Waals surface area contributed by atoms with Crippen LogP contribution in [0.25, 0.3) is 16.7 Å². The molecule has 1 aliphatic heterocycles. The number of benzene rings is 1. The van der Waals surface area contributed by atoms with E-state index in [1.54, 1.807) is 6.92 Å². The van der Waals surface area contributed by atoms with Crippen molar-refractivity contribution in [1.29, 1.82) is 0 Å². The molecule has 1 aromatic heterocycles. The molecule has 1 saturated heterocycles. The summed E-state index contributed by atoms with van der Waals surface area (Å²) >= 11 is 7.56. The highest BCUT2D eigenvalue weighted by molar-refractivity contribution is 8.26. The lowest BCUT2D eigenvalue weighted by Crippen LogP contribution is -2.29. The smallest absolute Gasteiger partial charge is 0.416 e. The summed E-state index contributed by atoms with van der Waals surface area (Å²) in [6.07, 6.45) is -7.84. The Balaban J connectivity index is 1.89. The molecule has 1 N–H and O–H groups in total. The van der Waals surface area contributed by atoms with Crippen LogP contribution in [0.1, 0.15) is 55.0 Å². The van der Waals surface area contributed by atoms with Crippen LogP contribution in [0.3, 0.4) is 0 Å². The van der Waals surface area contributed by atoms with Gasteiger partial charge in [0, 0.05) is 17.8 Å². The summed E-state index contributed by atoms with van der Waals surface area (Å²) in [7, 11) is 0. The average Bonchev–Trinajstić information content (AvgIpc) is 3.38. The quantitative estimate of drug-likeness (QED) is 0.140. The topological polar surface area (TPSA) is 57.6 Å². The summed E-state index contributed by atoms with van der Waals surface area (Å²) in [4.78, 5) is 26.0. The van der Waals surface area contributed by atoms with Crippen LogP contribution in [0.15, 0.2) is 34.6 Å². The van der Waals surface area contributed by atoms with Crippen LogP contribution in [-0.4, -0.2) is 32.7 Å². The Hall–Kier alpha value is -2.38. The van der Waals surface area contributed by atoms with Crippen molar-refractivity contribution in [2.24, 2.45) is 0 Å². The molecule has 0 aliphatic carbocycles. The van der Waals surface area contributed by atoms with Gasteiger partial charge in [-0.3, -0.25) is 14.5 Å². The number of thiocarbonyl (C=S) groups is 1. The molecule has 2 aromatic rings. The SMILES string of the molecule is CC/C(=C1/SC(=S)N(CCCCCC(=O)O)C1=O)c1cc(-c2cc(C(F)(F)F)cc(C(F)(F)F)c2)cs1. The van der Waals surface area contributed by atoms with E-state index in [-0.39, 0.29) is 29.5 Å². The number of carboxylic acid groups (broad SMARTS) is 1. The summed E-state index contributed by atoms with van der Waals surface area (Å²) in [5.41, 5.74) is -2.24. The molecule has 0 unspecified atom stereocenters. The largest absolute Gasteiger partial charge is 0.481 e. The number of rotatable bonds is 9. The Kier molecular flexibility index (Phi) is 9.12. The van der Waals surface area contributed by atoms with E-state index in [0.29, 0.717) is 64.0 Å². The fourth-order valence-electron chi connectivity index (χ4n) is 3.71. The van der Waals surface area contributed by atoms with Gasteiger partial charge in [-0.2, -0.15) is 26.3 Å². The second kappa shape index (κ2) is 11.6. The van der Waals surface area contributed by atoms with Crippen LogP contribution in [0.5, 0.6) is 0 Å². The summed E-state index contributed by atoms with van der Waals surface area (Å²) < 4.78 is 80.0. The number of nitrogens with zero attached hydrogens (tertiary/aromatic N) is 1. The number of thiophene rings is 1. The molecular formula is C24H21F6NO3S3. The fraction of sp³-hybridized carbons (Fsp3) is 0.375. The molecule has 0 bridgehead atoms. The van der Waals surface area contributed by atoms with Crippen molar-refractivity contribution in [2.75, 3.05) is 6.54 Å². The van der Waals surface area contributed by atoms with Gasteiger partial charge in [-0.15, -0.1) is 11.3 Å². The van der Waals surface area contributed by atoms with Crippen LogP contribution < -0.4 is 0 Å². The summed E-state index contributed by atoms with van der Waals surface area (Å²) in [6, 6.07) is 2.92. The van der Waals surface area contributed by atoms with Crippen molar-refractivity contribution in [1.82, 2.24) is 4.90 Å². The third kappa shape index (κ3) is 7.14. The van der Waals surface area contributed by atoms with Crippen LogP contribution in [0.2, 0.25) is 0 Å². The summed E-state index contributed by atoms with van der Waals surface area (Å²) in [5.74, 6) is -1.21. The van der Waals surface area contributed by atoms with Crippen LogP contribution in [0, 0.1) is 0 Å². The molecule has 3 rings (SSSR count). The first-order valence-electron chi connectivity index (χ1n) is 11.1. The average molecular weight is 582 g/mol. The van der Waals surface area contributed by atoms with Crippen molar-refractivity contribution in [3.8, 4) is 11.1 Å². The molecule has 2 heterocycles. The third-order valence-corrected chi connectivity index (χ3v) is 8.05. The van der Waals surface area contributed by atoms with Crippen molar-refractivity contribution in [2.45, 2.75) is 51.4 Å². The number of thioether (sulfide) groups is 1. The molecule has 1 amide bonds. The summed E-state index contributed by atoms with van der Waals surface area (Å²) in [6.45, 7) is 2.12. The van der Waals surface area contributed by atoms with Gasteiger partial charge in [-0.25, -0.2) is 0 Å². The Labute approximate surface area is 222 Å². The number of unbranched alkanes of at least 4 members (excludes halogenated alkanes) is 2. The second-order valence-corrected chi connectivity index (χ2v) is 10.7. The number of allylic oxidation sites excluding steroid dienone is 1. The molecule has 0 radical (unpaired) electrons. The molecule has 37 heavy (non-hydrogen) atoms. The molecule has 1 aromatic carbocycles. The van der Waals surface area contributed by atoms with Crippen LogP contribution in [-0.2, 0) is 21.9 Å². The molecule has 1 aliphatic rings. The maximum Gasteiger partial charge on any atom is 0.416 e. The van der Waals surface area contributed by atoms with Gasteiger partial charge in [-0.1, -0.05) is 37.3 Å². The number of halogens is 6. The predicted molar refractivity (Wildman–Crippen MR) is 135 cm³/mol. The number of aliphatic carboxylic acids is 1. The zero-order chi connectivity index (χ0) is 27.5. The van der Waals surface area contributed by atoms with E-state index in [2.05, 4.69) is 0 Å².